The lowest BCUT2D eigenvalue weighted by Crippen LogP contribution is -2.60. The van der Waals surface area contributed by atoms with E-state index in [-0.39, 0.29) is 11.6 Å². The van der Waals surface area contributed by atoms with Crippen LogP contribution in [0.3, 0.4) is 0 Å². The predicted molar refractivity (Wildman–Crippen MR) is 105 cm³/mol. The van der Waals surface area contributed by atoms with E-state index in [0.717, 1.165) is 25.1 Å². The number of anilines is 1. The molecule has 2 aliphatic heterocycles. The second kappa shape index (κ2) is 5.85. The summed E-state index contributed by atoms with van der Waals surface area (Å²) in [5.74, 6) is 0.517. The Hall–Kier alpha value is -3.29. The van der Waals surface area contributed by atoms with Crippen LogP contribution in [0.25, 0.3) is 16.9 Å². The lowest BCUT2D eigenvalue weighted by atomic mass is 10.00. The van der Waals surface area contributed by atoms with Gasteiger partial charge in [-0.1, -0.05) is 0 Å². The molecular weight excluding hydrogens is 358 g/mol. The molecule has 0 spiro atoms. The summed E-state index contributed by atoms with van der Waals surface area (Å²) >= 11 is 0. The summed E-state index contributed by atoms with van der Waals surface area (Å²) in [5.41, 5.74) is 2.39. The predicted octanol–water partition coefficient (Wildman–Crippen LogP) is 2.17. The summed E-state index contributed by atoms with van der Waals surface area (Å²) in [7, 11) is 0. The number of ether oxygens (including phenoxy) is 1. The molecule has 144 valence electrons. The molecule has 0 saturated heterocycles. The Balaban J connectivity index is 1.82. The number of benzene rings is 1. The van der Waals surface area contributed by atoms with Crippen LogP contribution in [0.2, 0.25) is 0 Å². The van der Waals surface area contributed by atoms with E-state index in [9.17, 15) is 9.59 Å². The van der Waals surface area contributed by atoms with Gasteiger partial charge in [-0.05, 0) is 44.9 Å². The molecule has 4 heterocycles. The maximum Gasteiger partial charge on any atom is 0.332 e. The number of hydrogen-bond donors (Lipinski definition) is 2. The monoisotopic (exact) mass is 379 g/mol. The van der Waals surface area contributed by atoms with Crippen molar-refractivity contribution in [3.63, 3.8) is 0 Å². The molecule has 28 heavy (non-hydrogen) atoms. The molecule has 0 radical (unpaired) electrons. The van der Waals surface area contributed by atoms with Crippen molar-refractivity contribution in [2.24, 2.45) is 0 Å². The Bertz CT molecular complexity index is 1160. The number of hydrogen-bond acceptors (Lipinski definition) is 5. The summed E-state index contributed by atoms with van der Waals surface area (Å²) in [4.78, 5) is 34.6. The van der Waals surface area contributed by atoms with E-state index in [4.69, 9.17) is 4.74 Å². The maximum absolute atomic E-state index is 12.7. The largest absolute Gasteiger partial charge is 0.491 e. The number of nitrogens with zero attached hydrogens (tertiary/aromatic N) is 3. The van der Waals surface area contributed by atoms with E-state index in [0.29, 0.717) is 34.8 Å². The number of aromatic amines is 1. The van der Waals surface area contributed by atoms with Gasteiger partial charge in [-0.3, -0.25) is 14.3 Å². The fraction of sp³-hybridized carbons (Fsp3) is 0.350. The van der Waals surface area contributed by atoms with Crippen LogP contribution < -0.4 is 20.6 Å². The molecule has 0 saturated carbocycles. The van der Waals surface area contributed by atoms with Gasteiger partial charge in [0.2, 0.25) is 0 Å². The van der Waals surface area contributed by atoms with E-state index in [1.165, 1.54) is 0 Å². The van der Waals surface area contributed by atoms with Gasteiger partial charge in [-0.15, -0.1) is 0 Å². The van der Waals surface area contributed by atoms with E-state index >= 15 is 0 Å². The van der Waals surface area contributed by atoms with Crippen LogP contribution in [0, 0.1) is 0 Å². The van der Waals surface area contributed by atoms with Gasteiger partial charge in [-0.25, -0.2) is 9.78 Å². The Morgan fingerprint density at radius 3 is 2.89 bits per heavy atom. The lowest BCUT2D eigenvalue weighted by Gasteiger charge is -2.45. The minimum absolute atomic E-state index is 0.105. The van der Waals surface area contributed by atoms with Crippen molar-refractivity contribution in [1.82, 2.24) is 19.9 Å². The Kier molecular flexibility index (Phi) is 3.52. The zero-order chi connectivity index (χ0) is 19.5. The number of H-pyrrole nitrogens is 1. The Morgan fingerprint density at radius 1 is 1.18 bits per heavy atom. The third-order valence-electron chi connectivity index (χ3n) is 5.44. The third kappa shape index (κ3) is 2.41. The van der Waals surface area contributed by atoms with Gasteiger partial charge < -0.3 is 15.0 Å². The van der Waals surface area contributed by atoms with Crippen molar-refractivity contribution in [2.75, 3.05) is 18.1 Å². The average molecular weight is 379 g/mol. The number of nitrogens with one attached hydrogen (secondary N) is 2. The molecule has 1 amide bonds. The van der Waals surface area contributed by atoms with Crippen LogP contribution in [-0.4, -0.2) is 39.3 Å². The van der Waals surface area contributed by atoms with E-state index in [2.05, 4.69) is 20.2 Å². The van der Waals surface area contributed by atoms with Gasteiger partial charge in [0.25, 0.3) is 5.91 Å². The fourth-order valence-electron chi connectivity index (χ4n) is 4.11. The molecular formula is C20H21N5O3. The molecule has 0 aliphatic carbocycles. The summed E-state index contributed by atoms with van der Waals surface area (Å²) in [6.45, 7) is 5.29. The van der Waals surface area contributed by atoms with Gasteiger partial charge in [0.05, 0.1) is 23.5 Å². The number of amides is 1. The highest BCUT2D eigenvalue weighted by molar-refractivity contribution is 6.03. The minimum atomic E-state index is -0.522. The number of carbonyl (C=O) groups is 1. The van der Waals surface area contributed by atoms with E-state index < -0.39 is 5.66 Å². The molecule has 2 bridgehead atoms. The standard InChI is InChI=1S/C20H21N5O3/c1-20(2)23-18(26)13-6-5-12-11-14(13)24(20)9-3-4-10-28-15-7-8-21-17-16(15)25(12)19(27)22-17/h5-8,11H,3-4,9-10H2,1-2H3,(H,23,26)(H,21,22,27). The van der Waals surface area contributed by atoms with Gasteiger partial charge in [0.15, 0.2) is 5.65 Å². The van der Waals surface area contributed by atoms with E-state index in [1.807, 2.05) is 19.9 Å². The Labute approximate surface area is 161 Å². The highest BCUT2D eigenvalue weighted by Gasteiger charge is 2.36. The summed E-state index contributed by atoms with van der Waals surface area (Å²) in [6, 6.07) is 7.24. The zero-order valence-electron chi connectivity index (χ0n) is 15.8. The van der Waals surface area contributed by atoms with Crippen molar-refractivity contribution in [3.05, 3.63) is 46.5 Å². The number of rotatable bonds is 0. The number of imidazole rings is 1. The second-order valence-electron chi connectivity index (χ2n) is 7.69. The lowest BCUT2D eigenvalue weighted by molar-refractivity contribution is 0.0897. The van der Waals surface area contributed by atoms with Gasteiger partial charge in [0.1, 0.15) is 16.9 Å². The topological polar surface area (TPSA) is 92.2 Å². The first kappa shape index (κ1) is 16.9. The van der Waals surface area contributed by atoms with Crippen molar-refractivity contribution < 1.29 is 9.53 Å². The van der Waals surface area contributed by atoms with Crippen LogP contribution >= 0.6 is 0 Å². The second-order valence-corrected chi connectivity index (χ2v) is 7.69. The van der Waals surface area contributed by atoms with Crippen LogP contribution in [0.15, 0.2) is 35.3 Å². The zero-order valence-corrected chi connectivity index (χ0v) is 15.8. The SMILES string of the molecule is CC1(C)NC(=O)c2ccc3cc2N1CCCCOc1ccnc2[nH]c(=O)n-3c12. The molecule has 3 aromatic rings. The molecule has 0 fully saturated rings. The number of carbonyl (C=O) groups excluding carboxylic acids is 1. The molecule has 2 aliphatic rings. The summed E-state index contributed by atoms with van der Waals surface area (Å²) in [5, 5.41) is 3.07. The first-order valence-electron chi connectivity index (χ1n) is 9.43. The van der Waals surface area contributed by atoms with Gasteiger partial charge >= 0.3 is 5.69 Å². The first-order chi connectivity index (χ1) is 13.5. The fourth-order valence-corrected chi connectivity index (χ4v) is 4.11. The molecule has 8 heteroatoms. The van der Waals surface area contributed by atoms with Crippen LogP contribution in [0.5, 0.6) is 5.75 Å². The quantitative estimate of drug-likeness (QED) is 0.625. The molecule has 2 aromatic heterocycles. The molecule has 5 rings (SSSR count). The number of aromatic nitrogens is 3. The van der Waals surface area contributed by atoms with Crippen molar-refractivity contribution in [3.8, 4) is 11.4 Å². The maximum atomic E-state index is 12.7. The molecule has 2 N–H and O–H groups in total. The third-order valence-corrected chi connectivity index (χ3v) is 5.44. The molecule has 0 atom stereocenters. The summed E-state index contributed by atoms with van der Waals surface area (Å²) < 4.78 is 7.55. The van der Waals surface area contributed by atoms with Crippen molar-refractivity contribution >= 4 is 22.8 Å². The number of fused-ring (bicyclic) bond motifs is 2. The van der Waals surface area contributed by atoms with Crippen LogP contribution in [0.4, 0.5) is 5.69 Å². The number of pyridine rings is 1. The first-order valence-corrected chi connectivity index (χ1v) is 9.43. The highest BCUT2D eigenvalue weighted by atomic mass is 16.5. The molecule has 8 nitrogen and oxygen atoms in total. The van der Waals surface area contributed by atoms with Crippen LogP contribution in [0.1, 0.15) is 37.0 Å². The highest BCUT2D eigenvalue weighted by Crippen LogP contribution is 2.35. The van der Waals surface area contributed by atoms with Crippen molar-refractivity contribution in [2.45, 2.75) is 32.4 Å². The minimum Gasteiger partial charge on any atom is -0.491 e. The van der Waals surface area contributed by atoms with Gasteiger partial charge in [0, 0.05) is 18.8 Å². The van der Waals surface area contributed by atoms with Gasteiger partial charge in [-0.2, -0.15) is 0 Å². The average Bonchev–Trinajstić information content (AvgIpc) is 2.98. The van der Waals surface area contributed by atoms with Crippen molar-refractivity contribution in [1.29, 1.82) is 0 Å². The smallest absolute Gasteiger partial charge is 0.332 e. The molecule has 1 aromatic carbocycles. The van der Waals surface area contributed by atoms with Crippen LogP contribution in [-0.2, 0) is 0 Å². The Morgan fingerprint density at radius 2 is 2.04 bits per heavy atom. The summed E-state index contributed by atoms with van der Waals surface area (Å²) in [6.07, 6.45) is 3.40. The molecule has 0 unspecified atom stereocenters. The van der Waals surface area contributed by atoms with E-state index in [1.54, 1.807) is 29.0 Å². The normalized spacial score (nSPS) is 18.1.